The van der Waals surface area contributed by atoms with Gasteiger partial charge in [0.1, 0.15) is 0 Å². The van der Waals surface area contributed by atoms with Gasteiger partial charge in [-0.15, -0.1) is 11.3 Å². The van der Waals surface area contributed by atoms with Crippen LogP contribution < -0.4 is 4.90 Å². The number of hydrogen-bond acceptors (Lipinski definition) is 4. The molecule has 1 atom stereocenters. The van der Waals surface area contributed by atoms with E-state index in [-0.39, 0.29) is 0 Å². The van der Waals surface area contributed by atoms with Gasteiger partial charge in [-0.1, -0.05) is 13.3 Å². The summed E-state index contributed by atoms with van der Waals surface area (Å²) in [6, 6.07) is 0. The fourth-order valence-electron chi connectivity index (χ4n) is 2.98. The molecule has 1 aliphatic heterocycles. The lowest BCUT2D eigenvalue weighted by atomic mass is 9.98. The summed E-state index contributed by atoms with van der Waals surface area (Å²) in [7, 11) is 0. The molecule has 1 unspecified atom stereocenters. The molecule has 0 spiro atoms. The topological polar surface area (TPSA) is 57.8 Å². The number of aromatic carboxylic acids is 1. The standard InChI is InChI=1S/C14H19N3O2S/c1-2-10-4-3-6-16(7-5-10)12-11(13(18)19)17-8-9-20-14(17)15-12/h8-10H,2-7H2,1H3,(H,18,19). The highest BCUT2D eigenvalue weighted by Crippen LogP contribution is 2.28. The summed E-state index contributed by atoms with van der Waals surface area (Å²) in [5.41, 5.74) is 0.302. The van der Waals surface area contributed by atoms with Crippen LogP contribution in [0.15, 0.2) is 11.6 Å². The molecule has 0 saturated carbocycles. The van der Waals surface area contributed by atoms with Crippen molar-refractivity contribution >= 4 is 28.1 Å². The molecule has 1 saturated heterocycles. The molecule has 3 rings (SSSR count). The van der Waals surface area contributed by atoms with Gasteiger partial charge in [0.05, 0.1) is 0 Å². The fourth-order valence-corrected chi connectivity index (χ4v) is 3.69. The fraction of sp³-hybridized carbons (Fsp3) is 0.571. The Morgan fingerprint density at radius 2 is 2.35 bits per heavy atom. The maximum Gasteiger partial charge on any atom is 0.356 e. The van der Waals surface area contributed by atoms with Crippen LogP contribution in [0.2, 0.25) is 0 Å². The monoisotopic (exact) mass is 293 g/mol. The molecular weight excluding hydrogens is 274 g/mol. The van der Waals surface area contributed by atoms with Crippen LogP contribution in [0.5, 0.6) is 0 Å². The van der Waals surface area contributed by atoms with Crippen molar-refractivity contribution in [2.45, 2.75) is 32.6 Å². The van der Waals surface area contributed by atoms with E-state index in [4.69, 9.17) is 0 Å². The Bertz CT molecular complexity index is 619. The second kappa shape index (κ2) is 5.44. The normalized spacial score (nSPS) is 20.2. The van der Waals surface area contributed by atoms with Crippen LogP contribution in [0.1, 0.15) is 43.1 Å². The van der Waals surface area contributed by atoms with Crippen molar-refractivity contribution in [2.24, 2.45) is 5.92 Å². The molecule has 5 nitrogen and oxygen atoms in total. The lowest BCUT2D eigenvalue weighted by Crippen LogP contribution is -2.26. The predicted octanol–water partition coefficient (Wildman–Crippen LogP) is 3.11. The number of thiazole rings is 1. The molecular formula is C14H19N3O2S. The van der Waals surface area contributed by atoms with E-state index in [1.54, 1.807) is 10.6 Å². The van der Waals surface area contributed by atoms with E-state index >= 15 is 0 Å². The largest absolute Gasteiger partial charge is 0.476 e. The molecule has 1 N–H and O–H groups in total. The molecule has 0 bridgehead atoms. The van der Waals surface area contributed by atoms with Gasteiger partial charge in [-0.2, -0.15) is 0 Å². The molecule has 108 valence electrons. The predicted molar refractivity (Wildman–Crippen MR) is 79.9 cm³/mol. The quantitative estimate of drug-likeness (QED) is 0.944. The highest BCUT2D eigenvalue weighted by Gasteiger charge is 2.25. The third-order valence-electron chi connectivity index (χ3n) is 4.17. The highest BCUT2D eigenvalue weighted by molar-refractivity contribution is 7.15. The van der Waals surface area contributed by atoms with Crippen LogP contribution in [0, 0.1) is 5.92 Å². The zero-order chi connectivity index (χ0) is 14.1. The maximum absolute atomic E-state index is 11.6. The first-order valence-electron chi connectivity index (χ1n) is 7.14. The average molecular weight is 293 g/mol. The molecule has 3 heterocycles. The van der Waals surface area contributed by atoms with Crippen molar-refractivity contribution in [1.82, 2.24) is 9.38 Å². The summed E-state index contributed by atoms with van der Waals surface area (Å²) >= 11 is 1.48. The molecule has 2 aromatic heterocycles. The smallest absolute Gasteiger partial charge is 0.356 e. The molecule has 6 heteroatoms. The SMILES string of the molecule is CCC1CCCN(c2nc3sccn3c2C(=O)O)CC1. The van der Waals surface area contributed by atoms with Crippen LogP contribution in [-0.4, -0.2) is 33.6 Å². The van der Waals surface area contributed by atoms with Gasteiger partial charge < -0.3 is 10.0 Å². The number of anilines is 1. The van der Waals surface area contributed by atoms with Crippen molar-refractivity contribution in [3.8, 4) is 0 Å². The summed E-state index contributed by atoms with van der Waals surface area (Å²) in [4.78, 5) is 19.0. The Balaban J connectivity index is 1.94. The van der Waals surface area contributed by atoms with Crippen molar-refractivity contribution in [3.05, 3.63) is 17.3 Å². The number of rotatable bonds is 3. The van der Waals surface area contributed by atoms with Crippen LogP contribution in [0.3, 0.4) is 0 Å². The third kappa shape index (κ3) is 2.28. The van der Waals surface area contributed by atoms with Crippen molar-refractivity contribution in [2.75, 3.05) is 18.0 Å². The molecule has 0 amide bonds. The molecule has 20 heavy (non-hydrogen) atoms. The van der Waals surface area contributed by atoms with Crippen molar-refractivity contribution in [3.63, 3.8) is 0 Å². The van der Waals surface area contributed by atoms with Gasteiger partial charge in [0.2, 0.25) is 0 Å². The minimum absolute atomic E-state index is 0.302. The number of carboxylic acids is 1. The van der Waals surface area contributed by atoms with Crippen LogP contribution in [0.4, 0.5) is 5.82 Å². The number of fused-ring (bicyclic) bond motifs is 1. The Morgan fingerprint density at radius 1 is 1.50 bits per heavy atom. The van der Waals surface area contributed by atoms with E-state index in [2.05, 4.69) is 16.8 Å². The van der Waals surface area contributed by atoms with E-state index in [9.17, 15) is 9.90 Å². The molecule has 0 radical (unpaired) electrons. The first kappa shape index (κ1) is 13.4. The van der Waals surface area contributed by atoms with Crippen LogP contribution >= 0.6 is 11.3 Å². The zero-order valence-corrected chi connectivity index (χ0v) is 12.4. The van der Waals surface area contributed by atoms with Gasteiger partial charge in [0.15, 0.2) is 16.5 Å². The number of nitrogens with zero attached hydrogens (tertiary/aromatic N) is 3. The summed E-state index contributed by atoms with van der Waals surface area (Å²) in [6.07, 6.45) is 6.46. The Kier molecular flexibility index (Phi) is 3.65. The summed E-state index contributed by atoms with van der Waals surface area (Å²) < 4.78 is 1.69. The summed E-state index contributed by atoms with van der Waals surface area (Å²) in [5, 5.41) is 11.4. The van der Waals surface area contributed by atoms with Gasteiger partial charge in [0.25, 0.3) is 0 Å². The van der Waals surface area contributed by atoms with Crippen LogP contribution in [-0.2, 0) is 0 Å². The lowest BCUT2D eigenvalue weighted by Gasteiger charge is -2.20. The molecule has 1 fully saturated rings. The number of hydrogen-bond donors (Lipinski definition) is 1. The number of carboxylic acid groups (broad SMARTS) is 1. The lowest BCUT2D eigenvalue weighted by molar-refractivity contribution is 0.0690. The van der Waals surface area contributed by atoms with E-state index in [0.717, 1.165) is 36.8 Å². The minimum atomic E-state index is -0.901. The number of carbonyl (C=O) groups is 1. The summed E-state index contributed by atoms with van der Waals surface area (Å²) in [6.45, 7) is 4.04. The second-order valence-corrected chi connectivity index (χ2v) is 6.21. The Hall–Kier alpha value is -1.56. The van der Waals surface area contributed by atoms with Gasteiger partial charge >= 0.3 is 5.97 Å². The molecule has 2 aromatic rings. The van der Waals surface area contributed by atoms with E-state index in [0.29, 0.717) is 11.5 Å². The third-order valence-corrected chi connectivity index (χ3v) is 4.93. The average Bonchev–Trinajstić information content (AvgIpc) is 2.91. The van der Waals surface area contributed by atoms with Crippen molar-refractivity contribution in [1.29, 1.82) is 0 Å². The van der Waals surface area contributed by atoms with E-state index in [1.165, 1.54) is 24.2 Å². The second-order valence-electron chi connectivity index (χ2n) is 5.34. The minimum Gasteiger partial charge on any atom is -0.476 e. The van der Waals surface area contributed by atoms with Gasteiger partial charge in [-0.05, 0) is 25.2 Å². The molecule has 1 aliphatic rings. The Labute approximate surface area is 121 Å². The first-order chi connectivity index (χ1) is 9.70. The van der Waals surface area contributed by atoms with Gasteiger partial charge in [-0.25, -0.2) is 9.78 Å². The molecule has 0 aromatic carbocycles. The Morgan fingerprint density at radius 3 is 3.10 bits per heavy atom. The number of aromatic nitrogens is 2. The maximum atomic E-state index is 11.6. The van der Waals surface area contributed by atoms with E-state index < -0.39 is 5.97 Å². The first-order valence-corrected chi connectivity index (χ1v) is 8.02. The number of imidazole rings is 1. The van der Waals surface area contributed by atoms with Crippen molar-refractivity contribution < 1.29 is 9.90 Å². The van der Waals surface area contributed by atoms with Crippen LogP contribution in [0.25, 0.3) is 4.96 Å². The van der Waals surface area contributed by atoms with E-state index in [1.807, 2.05) is 5.38 Å². The van der Waals surface area contributed by atoms with Gasteiger partial charge in [0, 0.05) is 24.7 Å². The van der Waals surface area contributed by atoms with Gasteiger partial charge in [-0.3, -0.25) is 4.40 Å². The molecule has 0 aliphatic carbocycles. The highest BCUT2D eigenvalue weighted by atomic mass is 32.1. The zero-order valence-electron chi connectivity index (χ0n) is 11.6. The summed E-state index contributed by atoms with van der Waals surface area (Å²) in [5.74, 6) is 0.500.